The molecule has 0 atom stereocenters. The van der Waals surface area contributed by atoms with Gasteiger partial charge in [-0.3, -0.25) is 0 Å². The summed E-state index contributed by atoms with van der Waals surface area (Å²) in [6.45, 7) is 0.513. The molecule has 7 heteroatoms. The van der Waals surface area contributed by atoms with Crippen LogP contribution in [0.15, 0.2) is 0 Å². The van der Waals surface area contributed by atoms with Crippen LogP contribution in [-0.4, -0.2) is 37.0 Å². The van der Waals surface area contributed by atoms with Crippen molar-refractivity contribution in [3.05, 3.63) is 0 Å². The Balaban J connectivity index is 3.33. The maximum absolute atomic E-state index is 12.5. The van der Waals surface area contributed by atoms with Crippen molar-refractivity contribution >= 4 is 0 Å². The molecule has 0 heterocycles. The van der Waals surface area contributed by atoms with E-state index in [-0.39, 0.29) is 19.6 Å². The van der Waals surface area contributed by atoms with Crippen molar-refractivity contribution in [2.75, 3.05) is 19.8 Å². The molecule has 0 radical (unpaired) electrons. The highest BCUT2D eigenvalue weighted by atomic mass is 19.4. The van der Waals surface area contributed by atoms with Crippen LogP contribution in [0.4, 0.5) is 22.0 Å². The molecule has 0 unspecified atom stereocenters. The number of aliphatic hydroxyl groups excluding tert-OH is 1. The van der Waals surface area contributed by atoms with E-state index in [0.29, 0.717) is 6.61 Å². The molecule has 0 aliphatic carbocycles. The predicted octanol–water partition coefficient (Wildman–Crippen LogP) is 4.31. The summed E-state index contributed by atoms with van der Waals surface area (Å²) in [4.78, 5) is 0. The van der Waals surface area contributed by atoms with Gasteiger partial charge >= 0.3 is 12.1 Å². The summed E-state index contributed by atoms with van der Waals surface area (Å²) >= 11 is 0. The average Bonchev–Trinajstić information content (AvgIpc) is 2.34. The highest BCUT2D eigenvalue weighted by Gasteiger charge is 2.56. The highest BCUT2D eigenvalue weighted by Crippen LogP contribution is 2.38. The second kappa shape index (κ2) is 10.3. The Morgan fingerprint density at radius 2 is 1.20 bits per heavy atom. The Morgan fingerprint density at radius 3 is 1.75 bits per heavy atom. The first kappa shape index (κ1) is 19.6. The number of halogens is 5. The third-order valence-corrected chi connectivity index (χ3v) is 2.89. The van der Waals surface area contributed by atoms with E-state index in [9.17, 15) is 22.0 Å². The van der Waals surface area contributed by atoms with E-state index >= 15 is 0 Å². The van der Waals surface area contributed by atoms with Gasteiger partial charge in [0.2, 0.25) is 0 Å². The van der Waals surface area contributed by atoms with Gasteiger partial charge in [-0.05, 0) is 19.3 Å². The molecule has 0 rings (SSSR count). The number of unbranched alkanes of at least 4 members (excludes halogenated alkanes) is 5. The molecule has 122 valence electrons. The normalized spacial score (nSPS) is 12.9. The quantitative estimate of drug-likeness (QED) is 0.430. The maximum atomic E-state index is 12.5. The van der Waals surface area contributed by atoms with Crippen LogP contribution in [0.5, 0.6) is 0 Å². The van der Waals surface area contributed by atoms with Gasteiger partial charge in [0.15, 0.2) is 0 Å². The van der Waals surface area contributed by atoms with Gasteiger partial charge in [-0.25, -0.2) is 0 Å². The SMILES string of the molecule is OCCCCCCCCOCCCC(F)(F)C(F)(F)F. The summed E-state index contributed by atoms with van der Waals surface area (Å²) in [5.41, 5.74) is 0. The van der Waals surface area contributed by atoms with Crippen LogP contribution in [0.25, 0.3) is 0 Å². The first-order valence-electron chi connectivity index (χ1n) is 6.94. The Hall–Kier alpha value is -0.430. The monoisotopic (exact) mass is 306 g/mol. The number of ether oxygens (including phenoxy) is 1. The third-order valence-electron chi connectivity index (χ3n) is 2.89. The predicted molar refractivity (Wildman–Crippen MR) is 65.8 cm³/mol. The Bertz CT molecular complexity index is 231. The Kier molecular flexibility index (Phi) is 10.1. The Morgan fingerprint density at radius 1 is 0.700 bits per heavy atom. The lowest BCUT2D eigenvalue weighted by molar-refractivity contribution is -0.285. The number of hydrogen-bond donors (Lipinski definition) is 1. The van der Waals surface area contributed by atoms with Crippen molar-refractivity contribution in [2.45, 2.75) is 63.5 Å². The molecular formula is C13H23F5O2. The van der Waals surface area contributed by atoms with Gasteiger partial charge in [0.25, 0.3) is 0 Å². The average molecular weight is 306 g/mol. The minimum atomic E-state index is -5.47. The largest absolute Gasteiger partial charge is 0.453 e. The van der Waals surface area contributed by atoms with Crippen molar-refractivity contribution in [2.24, 2.45) is 0 Å². The van der Waals surface area contributed by atoms with Crippen molar-refractivity contribution < 1.29 is 31.8 Å². The van der Waals surface area contributed by atoms with Crippen LogP contribution in [0.2, 0.25) is 0 Å². The van der Waals surface area contributed by atoms with Crippen LogP contribution in [0, 0.1) is 0 Å². The molecule has 0 fully saturated rings. The molecule has 0 saturated carbocycles. The summed E-state index contributed by atoms with van der Waals surface area (Å²) in [6.07, 6.45) is -1.48. The summed E-state index contributed by atoms with van der Waals surface area (Å²) in [5, 5.41) is 8.55. The van der Waals surface area contributed by atoms with Crippen LogP contribution >= 0.6 is 0 Å². The van der Waals surface area contributed by atoms with Crippen LogP contribution in [0.1, 0.15) is 51.4 Å². The van der Waals surface area contributed by atoms with Crippen molar-refractivity contribution in [1.29, 1.82) is 0 Å². The first-order chi connectivity index (χ1) is 9.31. The van der Waals surface area contributed by atoms with E-state index in [1.54, 1.807) is 0 Å². The van der Waals surface area contributed by atoms with E-state index in [1.807, 2.05) is 0 Å². The molecule has 0 aromatic rings. The van der Waals surface area contributed by atoms with E-state index in [4.69, 9.17) is 9.84 Å². The fourth-order valence-electron chi connectivity index (χ4n) is 1.66. The number of hydrogen-bond acceptors (Lipinski definition) is 2. The number of alkyl halides is 5. The molecule has 0 aliphatic heterocycles. The molecule has 0 aromatic carbocycles. The standard InChI is InChI=1S/C13H23F5O2/c14-12(15,13(16,17)18)8-7-11-20-10-6-4-2-1-3-5-9-19/h19H,1-11H2. The van der Waals surface area contributed by atoms with Crippen molar-refractivity contribution in [1.82, 2.24) is 0 Å². The fourth-order valence-corrected chi connectivity index (χ4v) is 1.66. The number of aliphatic hydroxyl groups is 1. The van der Waals surface area contributed by atoms with Crippen LogP contribution in [0.3, 0.4) is 0 Å². The topological polar surface area (TPSA) is 29.5 Å². The summed E-state index contributed by atoms with van der Waals surface area (Å²) in [6, 6.07) is 0. The van der Waals surface area contributed by atoms with Gasteiger partial charge in [-0.2, -0.15) is 22.0 Å². The molecule has 0 amide bonds. The molecule has 20 heavy (non-hydrogen) atoms. The molecule has 0 bridgehead atoms. The molecule has 1 N–H and O–H groups in total. The minimum absolute atomic E-state index is 0.0732. The summed E-state index contributed by atoms with van der Waals surface area (Å²) < 4.78 is 65.5. The van der Waals surface area contributed by atoms with Crippen LogP contribution < -0.4 is 0 Å². The zero-order valence-corrected chi connectivity index (χ0v) is 11.5. The molecule has 0 aliphatic rings. The second-order valence-electron chi connectivity index (χ2n) is 4.76. The lowest BCUT2D eigenvalue weighted by Crippen LogP contribution is -2.36. The van der Waals surface area contributed by atoms with E-state index in [2.05, 4.69) is 0 Å². The molecule has 0 saturated heterocycles. The van der Waals surface area contributed by atoms with Gasteiger partial charge in [0.1, 0.15) is 0 Å². The first-order valence-corrected chi connectivity index (χ1v) is 6.94. The zero-order chi connectivity index (χ0) is 15.5. The molecule has 2 nitrogen and oxygen atoms in total. The summed E-state index contributed by atoms with van der Waals surface area (Å²) in [7, 11) is 0. The molecular weight excluding hydrogens is 283 g/mol. The number of rotatable bonds is 12. The summed E-state index contributed by atoms with van der Waals surface area (Å²) in [5.74, 6) is -4.62. The van der Waals surface area contributed by atoms with E-state index in [1.165, 1.54) is 0 Å². The van der Waals surface area contributed by atoms with Crippen LogP contribution in [-0.2, 0) is 4.74 Å². The molecule has 0 aromatic heterocycles. The van der Waals surface area contributed by atoms with Gasteiger partial charge in [-0.1, -0.05) is 25.7 Å². The van der Waals surface area contributed by atoms with E-state index < -0.39 is 18.5 Å². The lowest BCUT2D eigenvalue weighted by atomic mass is 10.1. The smallest absolute Gasteiger partial charge is 0.396 e. The minimum Gasteiger partial charge on any atom is -0.396 e. The van der Waals surface area contributed by atoms with Gasteiger partial charge < -0.3 is 9.84 Å². The van der Waals surface area contributed by atoms with Crippen molar-refractivity contribution in [3.8, 4) is 0 Å². The Labute approximate surface area is 116 Å². The van der Waals surface area contributed by atoms with Gasteiger partial charge in [-0.15, -0.1) is 0 Å². The second-order valence-corrected chi connectivity index (χ2v) is 4.76. The van der Waals surface area contributed by atoms with E-state index in [0.717, 1.165) is 38.5 Å². The maximum Gasteiger partial charge on any atom is 0.453 e. The lowest BCUT2D eigenvalue weighted by Gasteiger charge is -2.19. The molecule has 0 spiro atoms. The fraction of sp³-hybridized carbons (Fsp3) is 1.00. The van der Waals surface area contributed by atoms with Gasteiger partial charge in [0, 0.05) is 26.2 Å². The zero-order valence-electron chi connectivity index (χ0n) is 11.5. The van der Waals surface area contributed by atoms with Gasteiger partial charge in [0.05, 0.1) is 0 Å². The highest BCUT2D eigenvalue weighted by molar-refractivity contribution is 4.75. The van der Waals surface area contributed by atoms with Crippen molar-refractivity contribution in [3.63, 3.8) is 0 Å². The third kappa shape index (κ3) is 9.47.